The van der Waals surface area contributed by atoms with E-state index < -0.39 is 5.91 Å². The number of halogens is 1. The fourth-order valence-electron chi connectivity index (χ4n) is 3.46. The zero-order valence-electron chi connectivity index (χ0n) is 15.7. The van der Waals surface area contributed by atoms with Gasteiger partial charge < -0.3 is 20.8 Å². The van der Waals surface area contributed by atoms with E-state index in [4.69, 9.17) is 0 Å². The second-order valence-electron chi connectivity index (χ2n) is 7.34. The second kappa shape index (κ2) is 9.65. The molecule has 3 rings (SSSR count). The molecule has 0 aliphatic heterocycles. The van der Waals surface area contributed by atoms with E-state index in [2.05, 4.69) is 26.6 Å². The molecule has 1 amide bonds. The second-order valence-corrected chi connectivity index (χ2v) is 8.25. The van der Waals surface area contributed by atoms with Crippen molar-refractivity contribution in [2.75, 3.05) is 0 Å². The van der Waals surface area contributed by atoms with E-state index in [-0.39, 0.29) is 24.1 Å². The zero-order chi connectivity index (χ0) is 20.0. The van der Waals surface area contributed by atoms with Gasteiger partial charge in [0.05, 0.1) is 0 Å². The SMILES string of the molecule is O=C(NC1CCCCCC1)c1ccc(CNC([O-])([O-])c2ccc(Br)cc2)cc1. The van der Waals surface area contributed by atoms with Crippen LogP contribution in [-0.4, -0.2) is 11.9 Å². The van der Waals surface area contributed by atoms with Crippen LogP contribution in [0.1, 0.15) is 60.0 Å². The first-order valence-electron chi connectivity index (χ1n) is 9.76. The van der Waals surface area contributed by atoms with Crippen LogP contribution in [0.4, 0.5) is 0 Å². The number of carbonyl (C=O) groups excluding carboxylic acids is 1. The van der Waals surface area contributed by atoms with Crippen molar-refractivity contribution in [1.82, 2.24) is 10.6 Å². The van der Waals surface area contributed by atoms with E-state index in [0.717, 1.165) is 22.9 Å². The van der Waals surface area contributed by atoms with Gasteiger partial charge in [0.15, 0.2) is 0 Å². The molecule has 0 aromatic heterocycles. The van der Waals surface area contributed by atoms with E-state index in [9.17, 15) is 15.0 Å². The third kappa shape index (κ3) is 5.88. The molecule has 0 bridgehead atoms. The summed E-state index contributed by atoms with van der Waals surface area (Å²) in [5, 5.41) is 30.2. The molecule has 0 atom stereocenters. The number of carbonyl (C=O) groups is 1. The highest BCUT2D eigenvalue weighted by Gasteiger charge is 2.15. The lowest BCUT2D eigenvalue weighted by Crippen LogP contribution is -2.63. The summed E-state index contributed by atoms with van der Waals surface area (Å²) in [6.07, 6.45) is 6.91. The molecular formula is C22H25BrN2O3-2. The van der Waals surface area contributed by atoms with Crippen LogP contribution in [0, 0.1) is 0 Å². The molecule has 0 unspecified atom stereocenters. The lowest BCUT2D eigenvalue weighted by Gasteiger charge is -2.50. The smallest absolute Gasteiger partial charge is 0.251 e. The van der Waals surface area contributed by atoms with Crippen molar-refractivity contribution in [3.63, 3.8) is 0 Å². The molecule has 0 heterocycles. The average molecular weight is 445 g/mol. The molecule has 150 valence electrons. The fourth-order valence-corrected chi connectivity index (χ4v) is 3.72. The molecule has 28 heavy (non-hydrogen) atoms. The molecule has 2 N–H and O–H groups in total. The van der Waals surface area contributed by atoms with Crippen molar-refractivity contribution < 1.29 is 15.0 Å². The minimum atomic E-state index is -2.63. The number of hydrogen-bond acceptors (Lipinski definition) is 4. The van der Waals surface area contributed by atoms with Crippen molar-refractivity contribution in [3.05, 3.63) is 69.7 Å². The minimum absolute atomic E-state index is 0.0664. The number of amides is 1. The van der Waals surface area contributed by atoms with E-state index >= 15 is 0 Å². The first-order valence-corrected chi connectivity index (χ1v) is 10.5. The van der Waals surface area contributed by atoms with Gasteiger partial charge in [0.2, 0.25) is 0 Å². The third-order valence-electron chi connectivity index (χ3n) is 5.16. The summed E-state index contributed by atoms with van der Waals surface area (Å²) in [5.41, 5.74) is 1.51. The molecule has 1 fully saturated rings. The Morgan fingerprint density at radius 3 is 2.18 bits per heavy atom. The number of nitrogens with one attached hydrogen (secondary N) is 2. The van der Waals surface area contributed by atoms with Gasteiger partial charge in [-0.25, -0.2) is 0 Å². The van der Waals surface area contributed by atoms with Crippen molar-refractivity contribution in [1.29, 1.82) is 0 Å². The van der Waals surface area contributed by atoms with Gasteiger partial charge in [-0.05, 0) is 42.7 Å². The zero-order valence-corrected chi connectivity index (χ0v) is 17.3. The molecule has 6 heteroatoms. The Kier molecular flexibility index (Phi) is 7.24. The highest BCUT2D eigenvalue weighted by molar-refractivity contribution is 9.10. The lowest BCUT2D eigenvalue weighted by molar-refractivity contribution is -0.745. The largest absolute Gasteiger partial charge is 0.848 e. The summed E-state index contributed by atoms with van der Waals surface area (Å²) < 4.78 is 0.810. The predicted molar refractivity (Wildman–Crippen MR) is 108 cm³/mol. The molecule has 0 spiro atoms. The van der Waals surface area contributed by atoms with E-state index in [1.807, 2.05) is 0 Å². The maximum atomic E-state index is 12.4. The Morgan fingerprint density at radius 2 is 1.57 bits per heavy atom. The van der Waals surface area contributed by atoms with Crippen LogP contribution in [0.5, 0.6) is 0 Å². The number of rotatable bonds is 6. The third-order valence-corrected chi connectivity index (χ3v) is 5.68. The highest BCUT2D eigenvalue weighted by atomic mass is 79.9. The summed E-state index contributed by atoms with van der Waals surface area (Å²) >= 11 is 3.28. The predicted octanol–water partition coefficient (Wildman–Crippen LogP) is 2.52. The van der Waals surface area contributed by atoms with E-state index in [1.54, 1.807) is 36.4 Å². The van der Waals surface area contributed by atoms with Crippen LogP contribution in [-0.2, 0) is 12.5 Å². The maximum absolute atomic E-state index is 12.4. The minimum Gasteiger partial charge on any atom is -0.848 e. The molecule has 1 aliphatic carbocycles. The molecule has 1 saturated carbocycles. The van der Waals surface area contributed by atoms with Crippen molar-refractivity contribution >= 4 is 21.8 Å². The molecule has 0 saturated heterocycles. The van der Waals surface area contributed by atoms with Gasteiger partial charge in [0.1, 0.15) is 0 Å². The topological polar surface area (TPSA) is 87.2 Å². The van der Waals surface area contributed by atoms with Crippen molar-refractivity contribution in [3.8, 4) is 0 Å². The van der Waals surface area contributed by atoms with Crippen LogP contribution >= 0.6 is 15.9 Å². The van der Waals surface area contributed by atoms with Crippen molar-refractivity contribution in [2.24, 2.45) is 0 Å². The van der Waals surface area contributed by atoms with Gasteiger partial charge in [-0.1, -0.05) is 71.4 Å². The molecular weight excluding hydrogens is 420 g/mol. The van der Waals surface area contributed by atoms with E-state index in [0.29, 0.717) is 5.56 Å². The van der Waals surface area contributed by atoms with Crippen LogP contribution in [0.15, 0.2) is 53.0 Å². The summed E-state index contributed by atoms with van der Waals surface area (Å²) in [7, 11) is 0. The quantitative estimate of drug-likeness (QED) is 0.529. The van der Waals surface area contributed by atoms with Crippen LogP contribution in [0.2, 0.25) is 0 Å². The van der Waals surface area contributed by atoms with Gasteiger partial charge in [-0.2, -0.15) is 0 Å². The molecule has 1 aliphatic rings. The van der Waals surface area contributed by atoms with Gasteiger partial charge in [0, 0.05) is 22.6 Å². The first kappa shape index (κ1) is 21.0. The molecule has 5 nitrogen and oxygen atoms in total. The number of hydrogen-bond donors (Lipinski definition) is 2. The van der Waals surface area contributed by atoms with Crippen LogP contribution in [0.3, 0.4) is 0 Å². The summed E-state index contributed by atoms with van der Waals surface area (Å²) in [4.78, 5) is 12.4. The molecule has 0 radical (unpaired) electrons. The van der Waals surface area contributed by atoms with Gasteiger partial charge >= 0.3 is 0 Å². The lowest BCUT2D eigenvalue weighted by atomic mass is 10.1. The Labute approximate surface area is 174 Å². The maximum Gasteiger partial charge on any atom is 0.251 e. The molecule has 2 aromatic rings. The van der Waals surface area contributed by atoms with Gasteiger partial charge in [0.25, 0.3) is 5.91 Å². The van der Waals surface area contributed by atoms with Crippen molar-refractivity contribution in [2.45, 2.75) is 57.0 Å². The summed E-state index contributed by atoms with van der Waals surface area (Å²) in [6, 6.07) is 13.6. The standard InChI is InChI=1S/C22H25BrN2O3/c23-19-13-11-18(12-14-19)22(27,28)24-15-16-7-9-17(10-8-16)21(26)25-20-5-3-1-2-4-6-20/h7-14,20,24H,1-6,15H2,(H,25,26)/q-2. The Hall–Kier alpha value is -1.73. The molecule has 2 aromatic carbocycles. The Morgan fingerprint density at radius 1 is 0.964 bits per heavy atom. The summed E-state index contributed by atoms with van der Waals surface area (Å²) in [5.74, 6) is -2.70. The van der Waals surface area contributed by atoms with Crippen LogP contribution in [0.25, 0.3) is 0 Å². The van der Waals surface area contributed by atoms with Crippen LogP contribution < -0.4 is 20.8 Å². The normalized spacial score (nSPS) is 15.8. The Bertz CT molecular complexity index is 767. The Balaban J connectivity index is 1.55. The monoisotopic (exact) mass is 444 g/mol. The fraction of sp³-hybridized carbons (Fsp3) is 0.409. The van der Waals surface area contributed by atoms with Gasteiger partial charge in [-0.15, -0.1) is 5.91 Å². The average Bonchev–Trinajstić information content (AvgIpc) is 2.96. The van der Waals surface area contributed by atoms with E-state index in [1.165, 1.54) is 37.8 Å². The van der Waals surface area contributed by atoms with Gasteiger partial charge in [-0.3, -0.25) is 4.79 Å². The summed E-state index contributed by atoms with van der Waals surface area (Å²) in [6.45, 7) is 0.133. The number of benzene rings is 2. The first-order chi connectivity index (χ1) is 13.4. The highest BCUT2D eigenvalue weighted by Crippen LogP contribution is 2.18.